The summed E-state index contributed by atoms with van der Waals surface area (Å²) < 4.78 is 0. The molecular weight excluding hydrogens is 210 g/mol. The van der Waals surface area contributed by atoms with Gasteiger partial charge in [0.2, 0.25) is 0 Å². The highest BCUT2D eigenvalue weighted by molar-refractivity contribution is 6.31. The van der Waals surface area contributed by atoms with E-state index in [9.17, 15) is 4.79 Å². The highest BCUT2D eigenvalue weighted by Crippen LogP contribution is 2.21. The maximum absolute atomic E-state index is 11.1. The molecule has 0 unspecified atom stereocenters. The molecule has 1 aromatic heterocycles. The number of fused-ring (bicyclic) bond motifs is 1. The number of aromatic nitrogens is 1. The van der Waals surface area contributed by atoms with Crippen LogP contribution in [0, 0.1) is 0 Å². The minimum atomic E-state index is 0.116. The van der Waals surface area contributed by atoms with Crippen molar-refractivity contribution >= 4 is 28.2 Å². The first-order valence-electron chi connectivity index (χ1n) is 4.69. The van der Waals surface area contributed by atoms with Crippen LogP contribution < -0.4 is 0 Å². The van der Waals surface area contributed by atoms with Crippen LogP contribution in [0.5, 0.6) is 0 Å². The first kappa shape index (κ1) is 10.1. The number of carbonyl (C=O) groups is 1. The van der Waals surface area contributed by atoms with Crippen LogP contribution in [0.3, 0.4) is 0 Å². The minimum absolute atomic E-state index is 0.116. The molecule has 0 radical (unpaired) electrons. The average molecular weight is 220 g/mol. The maximum atomic E-state index is 11.1. The third-order valence-corrected chi connectivity index (χ3v) is 2.46. The Morgan fingerprint density at radius 1 is 1.40 bits per heavy atom. The van der Waals surface area contributed by atoms with E-state index in [1.54, 1.807) is 13.1 Å². The van der Waals surface area contributed by atoms with Crippen molar-refractivity contribution in [2.75, 3.05) is 0 Å². The molecule has 0 spiro atoms. The molecule has 76 valence electrons. The lowest BCUT2D eigenvalue weighted by atomic mass is 10.1. The van der Waals surface area contributed by atoms with Crippen LogP contribution in [-0.4, -0.2) is 10.8 Å². The molecular formula is C12H10ClNO. The van der Waals surface area contributed by atoms with Crippen molar-refractivity contribution in [3.8, 4) is 0 Å². The molecule has 0 aliphatic carbocycles. The Hall–Kier alpha value is -1.41. The fourth-order valence-corrected chi connectivity index (χ4v) is 1.77. The van der Waals surface area contributed by atoms with Gasteiger partial charge in [-0.25, -0.2) is 0 Å². The van der Waals surface area contributed by atoms with Crippen LogP contribution in [0.1, 0.15) is 12.6 Å². The summed E-state index contributed by atoms with van der Waals surface area (Å²) in [6, 6.07) is 7.49. The maximum Gasteiger partial charge on any atom is 0.135 e. The van der Waals surface area contributed by atoms with Gasteiger partial charge in [0.1, 0.15) is 5.78 Å². The second-order valence-corrected chi connectivity index (χ2v) is 3.94. The zero-order chi connectivity index (χ0) is 10.8. The van der Waals surface area contributed by atoms with E-state index in [-0.39, 0.29) is 5.78 Å². The van der Waals surface area contributed by atoms with Crippen molar-refractivity contribution < 1.29 is 4.79 Å². The lowest BCUT2D eigenvalue weighted by Gasteiger charge is -2.03. The highest BCUT2D eigenvalue weighted by atomic mass is 35.5. The topological polar surface area (TPSA) is 30.0 Å². The molecule has 0 fully saturated rings. The molecule has 0 aliphatic rings. The number of halogens is 1. The molecule has 0 saturated carbocycles. The summed E-state index contributed by atoms with van der Waals surface area (Å²) in [6.45, 7) is 1.57. The van der Waals surface area contributed by atoms with Crippen molar-refractivity contribution in [1.29, 1.82) is 0 Å². The zero-order valence-corrected chi connectivity index (χ0v) is 9.08. The summed E-state index contributed by atoms with van der Waals surface area (Å²) in [7, 11) is 0. The summed E-state index contributed by atoms with van der Waals surface area (Å²) in [5.74, 6) is 0.116. The van der Waals surface area contributed by atoms with E-state index in [1.807, 2.05) is 24.3 Å². The van der Waals surface area contributed by atoms with Gasteiger partial charge in [-0.05, 0) is 30.5 Å². The van der Waals surface area contributed by atoms with Crippen LogP contribution in [0.15, 0.2) is 30.5 Å². The predicted octanol–water partition coefficient (Wildman–Crippen LogP) is 3.02. The first-order chi connectivity index (χ1) is 7.16. The molecule has 0 saturated heterocycles. The smallest absolute Gasteiger partial charge is 0.135 e. The molecule has 0 amide bonds. The van der Waals surface area contributed by atoms with E-state index in [2.05, 4.69) is 4.98 Å². The van der Waals surface area contributed by atoms with Gasteiger partial charge in [0, 0.05) is 23.0 Å². The van der Waals surface area contributed by atoms with Gasteiger partial charge < -0.3 is 0 Å². The number of pyridine rings is 1. The lowest BCUT2D eigenvalue weighted by Crippen LogP contribution is -1.99. The third-order valence-electron chi connectivity index (χ3n) is 2.23. The van der Waals surface area contributed by atoms with Crippen molar-refractivity contribution in [2.45, 2.75) is 13.3 Å². The Morgan fingerprint density at radius 3 is 2.93 bits per heavy atom. The molecule has 0 bridgehead atoms. The van der Waals surface area contributed by atoms with Gasteiger partial charge >= 0.3 is 0 Å². The largest absolute Gasteiger partial charge is 0.300 e. The molecule has 2 nitrogen and oxygen atoms in total. The normalized spacial score (nSPS) is 10.5. The molecule has 0 atom stereocenters. The Labute approximate surface area is 92.9 Å². The van der Waals surface area contributed by atoms with Crippen molar-refractivity contribution in [1.82, 2.24) is 4.98 Å². The first-order valence-corrected chi connectivity index (χ1v) is 5.07. The Bertz CT molecular complexity index is 522. The van der Waals surface area contributed by atoms with E-state index in [0.717, 1.165) is 16.5 Å². The van der Waals surface area contributed by atoms with Crippen molar-refractivity contribution in [2.24, 2.45) is 0 Å². The number of nitrogens with zero attached hydrogens (tertiary/aromatic N) is 1. The summed E-state index contributed by atoms with van der Waals surface area (Å²) in [5.41, 5.74) is 0.816. The van der Waals surface area contributed by atoms with Gasteiger partial charge in [0.25, 0.3) is 0 Å². The van der Waals surface area contributed by atoms with E-state index < -0.39 is 0 Å². The van der Waals surface area contributed by atoms with Crippen molar-refractivity contribution in [3.63, 3.8) is 0 Å². The van der Waals surface area contributed by atoms with E-state index in [4.69, 9.17) is 11.6 Å². The van der Waals surface area contributed by atoms with Gasteiger partial charge in [-0.1, -0.05) is 17.7 Å². The predicted molar refractivity (Wildman–Crippen MR) is 61.1 cm³/mol. The van der Waals surface area contributed by atoms with E-state index in [0.29, 0.717) is 11.4 Å². The molecule has 0 N–H and O–H groups in total. The highest BCUT2D eigenvalue weighted by Gasteiger charge is 2.04. The Kier molecular flexibility index (Phi) is 2.69. The van der Waals surface area contributed by atoms with Crippen LogP contribution in [0.4, 0.5) is 0 Å². The Morgan fingerprint density at radius 2 is 2.20 bits per heavy atom. The van der Waals surface area contributed by atoms with Crippen LogP contribution in [0.2, 0.25) is 5.02 Å². The molecule has 1 aromatic carbocycles. The fourth-order valence-electron chi connectivity index (χ4n) is 1.59. The number of benzene rings is 1. The number of hydrogen-bond donors (Lipinski definition) is 0. The van der Waals surface area contributed by atoms with Crippen LogP contribution in [-0.2, 0) is 11.2 Å². The van der Waals surface area contributed by atoms with Crippen LogP contribution >= 0.6 is 11.6 Å². The monoisotopic (exact) mass is 219 g/mol. The van der Waals surface area contributed by atoms with Gasteiger partial charge in [-0.2, -0.15) is 0 Å². The number of rotatable bonds is 2. The minimum Gasteiger partial charge on any atom is -0.300 e. The second kappa shape index (κ2) is 3.99. The summed E-state index contributed by atoms with van der Waals surface area (Å²) in [4.78, 5) is 15.3. The number of Topliss-reactive ketones (excluding diaryl/α,β-unsaturated/α-hetero) is 1. The molecule has 2 aromatic rings. The van der Waals surface area contributed by atoms with Crippen LogP contribution in [0.25, 0.3) is 10.8 Å². The number of carbonyl (C=O) groups excluding carboxylic acids is 1. The zero-order valence-electron chi connectivity index (χ0n) is 8.33. The lowest BCUT2D eigenvalue weighted by molar-refractivity contribution is -0.116. The summed E-state index contributed by atoms with van der Waals surface area (Å²) in [5, 5.41) is 2.72. The summed E-state index contributed by atoms with van der Waals surface area (Å²) in [6.07, 6.45) is 2.08. The van der Waals surface area contributed by atoms with Crippen molar-refractivity contribution in [3.05, 3.63) is 41.2 Å². The molecule has 15 heavy (non-hydrogen) atoms. The molecule has 0 aliphatic heterocycles. The average Bonchev–Trinajstić information content (AvgIpc) is 2.16. The molecule has 2 rings (SSSR count). The third kappa shape index (κ3) is 2.16. The van der Waals surface area contributed by atoms with E-state index >= 15 is 0 Å². The fraction of sp³-hybridized carbons (Fsp3) is 0.167. The Balaban J connectivity index is 2.60. The van der Waals surface area contributed by atoms with Gasteiger partial charge in [-0.3, -0.25) is 9.78 Å². The quantitative estimate of drug-likeness (QED) is 0.777. The molecule has 1 heterocycles. The van der Waals surface area contributed by atoms with Gasteiger partial charge in [0.15, 0.2) is 0 Å². The number of ketones is 1. The van der Waals surface area contributed by atoms with Gasteiger partial charge in [-0.15, -0.1) is 0 Å². The van der Waals surface area contributed by atoms with E-state index in [1.165, 1.54) is 0 Å². The SMILES string of the molecule is CC(=O)Cc1nccc2cc(Cl)ccc12. The van der Waals surface area contributed by atoms with Gasteiger partial charge in [0.05, 0.1) is 5.69 Å². The number of hydrogen-bond acceptors (Lipinski definition) is 2. The summed E-state index contributed by atoms with van der Waals surface area (Å²) >= 11 is 5.89. The molecule has 3 heteroatoms. The standard InChI is InChI=1S/C12H10ClNO/c1-8(15)6-12-11-3-2-10(13)7-9(11)4-5-14-12/h2-5,7H,6H2,1H3. The second-order valence-electron chi connectivity index (χ2n) is 3.50.